The molecule has 1 aliphatic rings. The van der Waals surface area contributed by atoms with Crippen LogP contribution in [0.15, 0.2) is 0 Å². The number of hydrogen-bond acceptors (Lipinski definition) is 4. The predicted molar refractivity (Wildman–Crippen MR) is 81.7 cm³/mol. The van der Waals surface area contributed by atoms with E-state index in [1.807, 2.05) is 4.90 Å². The highest BCUT2D eigenvalue weighted by atomic mass is 16.3. The van der Waals surface area contributed by atoms with Crippen LogP contribution >= 0.6 is 0 Å². The second-order valence-electron chi connectivity index (χ2n) is 6.06. The molecule has 0 atom stereocenters. The molecule has 5 nitrogen and oxygen atoms in total. The van der Waals surface area contributed by atoms with Crippen molar-refractivity contribution < 1.29 is 9.90 Å². The smallest absolute Gasteiger partial charge is 0.222 e. The third-order valence-corrected chi connectivity index (χ3v) is 3.91. The predicted octanol–water partition coefficient (Wildman–Crippen LogP) is 0.680. The zero-order chi connectivity index (χ0) is 15.0. The quantitative estimate of drug-likeness (QED) is 0.644. The number of nitrogens with zero attached hydrogens (tertiary/aromatic N) is 2. The maximum Gasteiger partial charge on any atom is 0.222 e. The lowest BCUT2D eigenvalue weighted by atomic mass is 10.0. The van der Waals surface area contributed by atoms with Gasteiger partial charge in [-0.05, 0) is 45.9 Å². The molecule has 0 aromatic rings. The standard InChI is InChI=1S/C15H31N3O2/c1-13(2)16-8-4-5-15(20)18(11-12-19)14-6-9-17(3)10-7-14/h13-14,16,19H,4-12H2,1-3H3. The number of likely N-dealkylation sites (tertiary alicyclic amines) is 1. The van der Waals surface area contributed by atoms with Crippen LogP contribution in [-0.2, 0) is 4.79 Å². The van der Waals surface area contributed by atoms with Gasteiger partial charge in [0, 0.05) is 25.0 Å². The van der Waals surface area contributed by atoms with Gasteiger partial charge in [-0.1, -0.05) is 13.8 Å². The molecule has 1 aliphatic heterocycles. The van der Waals surface area contributed by atoms with Crippen LogP contribution in [0.25, 0.3) is 0 Å². The SMILES string of the molecule is CC(C)NCCCC(=O)N(CCO)C1CCN(C)CC1. The molecule has 0 unspecified atom stereocenters. The van der Waals surface area contributed by atoms with Gasteiger partial charge in [0.2, 0.25) is 5.91 Å². The van der Waals surface area contributed by atoms with E-state index >= 15 is 0 Å². The fraction of sp³-hybridized carbons (Fsp3) is 0.933. The maximum absolute atomic E-state index is 12.3. The molecule has 0 spiro atoms. The number of rotatable bonds is 8. The summed E-state index contributed by atoms with van der Waals surface area (Å²) in [5.74, 6) is 0.194. The van der Waals surface area contributed by atoms with E-state index in [2.05, 4.69) is 31.1 Å². The molecule has 1 rings (SSSR count). The second kappa shape index (κ2) is 9.32. The lowest BCUT2D eigenvalue weighted by molar-refractivity contribution is -0.135. The lowest BCUT2D eigenvalue weighted by Crippen LogP contribution is -2.47. The first kappa shape index (κ1) is 17.4. The van der Waals surface area contributed by atoms with Crippen LogP contribution < -0.4 is 5.32 Å². The molecule has 0 radical (unpaired) electrons. The molecular formula is C15H31N3O2. The Bertz CT molecular complexity index is 276. The van der Waals surface area contributed by atoms with E-state index in [0.717, 1.165) is 38.9 Å². The molecule has 1 saturated heterocycles. The van der Waals surface area contributed by atoms with Crippen LogP contribution in [0.1, 0.15) is 39.5 Å². The van der Waals surface area contributed by atoms with Crippen molar-refractivity contribution in [1.29, 1.82) is 0 Å². The van der Waals surface area contributed by atoms with E-state index in [4.69, 9.17) is 0 Å². The molecule has 1 amide bonds. The fourth-order valence-corrected chi connectivity index (χ4v) is 2.70. The Kier molecular flexibility index (Phi) is 8.11. The van der Waals surface area contributed by atoms with Gasteiger partial charge in [-0.15, -0.1) is 0 Å². The molecule has 0 aromatic heterocycles. The van der Waals surface area contributed by atoms with Crippen molar-refractivity contribution in [2.24, 2.45) is 0 Å². The minimum absolute atomic E-state index is 0.0579. The van der Waals surface area contributed by atoms with Crippen LogP contribution in [0.2, 0.25) is 0 Å². The number of hydrogen-bond donors (Lipinski definition) is 2. The Labute approximate surface area is 123 Å². The highest BCUT2D eigenvalue weighted by Gasteiger charge is 2.25. The summed E-state index contributed by atoms with van der Waals surface area (Å²) in [5, 5.41) is 12.5. The van der Waals surface area contributed by atoms with Crippen molar-refractivity contribution in [3.8, 4) is 0 Å². The highest BCUT2D eigenvalue weighted by Crippen LogP contribution is 2.16. The zero-order valence-corrected chi connectivity index (χ0v) is 13.3. The second-order valence-corrected chi connectivity index (χ2v) is 6.06. The Morgan fingerprint density at radius 2 is 2.05 bits per heavy atom. The Morgan fingerprint density at radius 1 is 1.40 bits per heavy atom. The summed E-state index contributed by atoms with van der Waals surface area (Å²) in [6, 6.07) is 0.774. The van der Waals surface area contributed by atoms with Crippen molar-refractivity contribution in [3.63, 3.8) is 0 Å². The average molecular weight is 285 g/mol. The van der Waals surface area contributed by atoms with E-state index in [0.29, 0.717) is 25.0 Å². The van der Waals surface area contributed by atoms with Gasteiger partial charge < -0.3 is 20.2 Å². The average Bonchev–Trinajstić information content (AvgIpc) is 2.42. The van der Waals surface area contributed by atoms with E-state index < -0.39 is 0 Å². The van der Waals surface area contributed by atoms with Gasteiger partial charge in [-0.2, -0.15) is 0 Å². The number of nitrogens with one attached hydrogen (secondary N) is 1. The van der Waals surface area contributed by atoms with E-state index in [1.165, 1.54) is 0 Å². The molecular weight excluding hydrogens is 254 g/mol. The van der Waals surface area contributed by atoms with Crippen molar-refractivity contribution in [2.45, 2.75) is 51.6 Å². The molecule has 0 bridgehead atoms. The molecule has 0 aliphatic carbocycles. The number of carbonyl (C=O) groups excluding carboxylic acids is 1. The van der Waals surface area contributed by atoms with Crippen LogP contribution in [0.5, 0.6) is 0 Å². The van der Waals surface area contributed by atoms with Crippen LogP contribution in [0.3, 0.4) is 0 Å². The van der Waals surface area contributed by atoms with Crippen LogP contribution in [0.4, 0.5) is 0 Å². The molecule has 0 saturated carbocycles. The van der Waals surface area contributed by atoms with Crippen LogP contribution in [0, 0.1) is 0 Å². The van der Waals surface area contributed by atoms with Gasteiger partial charge in [-0.3, -0.25) is 4.79 Å². The molecule has 118 valence electrons. The number of piperidine rings is 1. The molecule has 0 aromatic carbocycles. The molecule has 1 fully saturated rings. The van der Waals surface area contributed by atoms with E-state index in [9.17, 15) is 9.90 Å². The third kappa shape index (κ3) is 6.20. The van der Waals surface area contributed by atoms with Crippen molar-refractivity contribution in [3.05, 3.63) is 0 Å². The van der Waals surface area contributed by atoms with Gasteiger partial charge in [-0.25, -0.2) is 0 Å². The monoisotopic (exact) mass is 285 g/mol. The molecule has 20 heavy (non-hydrogen) atoms. The van der Waals surface area contributed by atoms with Gasteiger partial charge in [0.1, 0.15) is 0 Å². The summed E-state index contributed by atoms with van der Waals surface area (Å²) >= 11 is 0. The van der Waals surface area contributed by atoms with Crippen molar-refractivity contribution in [1.82, 2.24) is 15.1 Å². The summed E-state index contributed by atoms with van der Waals surface area (Å²) in [4.78, 5) is 16.5. The summed E-state index contributed by atoms with van der Waals surface area (Å²) in [5.41, 5.74) is 0. The minimum Gasteiger partial charge on any atom is -0.395 e. The van der Waals surface area contributed by atoms with Gasteiger partial charge >= 0.3 is 0 Å². The normalized spacial score (nSPS) is 17.6. The Balaban J connectivity index is 2.38. The molecule has 5 heteroatoms. The van der Waals surface area contributed by atoms with Crippen molar-refractivity contribution in [2.75, 3.05) is 39.8 Å². The number of aliphatic hydroxyl groups excluding tert-OH is 1. The van der Waals surface area contributed by atoms with Gasteiger partial charge in [0.15, 0.2) is 0 Å². The van der Waals surface area contributed by atoms with Crippen molar-refractivity contribution >= 4 is 5.91 Å². The lowest BCUT2D eigenvalue weighted by Gasteiger charge is -2.37. The first-order valence-corrected chi connectivity index (χ1v) is 7.87. The third-order valence-electron chi connectivity index (χ3n) is 3.91. The molecule has 1 heterocycles. The zero-order valence-electron chi connectivity index (χ0n) is 13.3. The largest absolute Gasteiger partial charge is 0.395 e. The maximum atomic E-state index is 12.3. The topological polar surface area (TPSA) is 55.8 Å². The summed E-state index contributed by atoms with van der Waals surface area (Å²) in [6.45, 7) is 7.71. The summed E-state index contributed by atoms with van der Waals surface area (Å²) in [6.07, 6.45) is 3.48. The molecule has 2 N–H and O–H groups in total. The first-order chi connectivity index (χ1) is 9.54. The Morgan fingerprint density at radius 3 is 2.60 bits per heavy atom. The van der Waals surface area contributed by atoms with Gasteiger partial charge in [0.05, 0.1) is 6.61 Å². The van der Waals surface area contributed by atoms with Crippen LogP contribution in [-0.4, -0.2) is 72.7 Å². The summed E-state index contributed by atoms with van der Waals surface area (Å²) < 4.78 is 0. The first-order valence-electron chi connectivity index (χ1n) is 7.87. The highest BCUT2D eigenvalue weighted by molar-refractivity contribution is 5.76. The minimum atomic E-state index is 0.0579. The summed E-state index contributed by atoms with van der Waals surface area (Å²) in [7, 11) is 2.12. The fourth-order valence-electron chi connectivity index (χ4n) is 2.70. The Hall–Kier alpha value is -0.650. The van der Waals surface area contributed by atoms with Gasteiger partial charge in [0.25, 0.3) is 0 Å². The van der Waals surface area contributed by atoms with E-state index in [1.54, 1.807) is 0 Å². The number of carbonyl (C=O) groups is 1. The number of aliphatic hydroxyl groups is 1. The number of amides is 1. The van der Waals surface area contributed by atoms with E-state index in [-0.39, 0.29) is 12.5 Å².